The normalized spacial score (nSPS) is 12.0. The highest BCUT2D eigenvalue weighted by Gasteiger charge is 2.16. The van der Waals surface area contributed by atoms with Crippen molar-refractivity contribution in [3.8, 4) is 0 Å². The van der Waals surface area contributed by atoms with Gasteiger partial charge in [-0.2, -0.15) is 5.10 Å². The highest BCUT2D eigenvalue weighted by atomic mass is 16.3. The molecule has 0 aliphatic heterocycles. The summed E-state index contributed by atoms with van der Waals surface area (Å²) >= 11 is 0. The Morgan fingerprint density at radius 1 is 1.44 bits per heavy atom. The van der Waals surface area contributed by atoms with Gasteiger partial charge in [-0.3, -0.25) is 0 Å². The quantitative estimate of drug-likeness (QED) is 0.836. The van der Waals surface area contributed by atoms with E-state index in [4.69, 9.17) is 0 Å². The molecule has 0 aliphatic rings. The van der Waals surface area contributed by atoms with Crippen LogP contribution in [-0.4, -0.2) is 38.9 Å². The Hall–Kier alpha value is -1.62. The van der Waals surface area contributed by atoms with Gasteiger partial charge in [0.2, 0.25) is 0 Å². The predicted molar refractivity (Wildman–Crippen MR) is 62.6 cm³/mol. The minimum atomic E-state index is -0.733. The lowest BCUT2D eigenvalue weighted by Gasteiger charge is -2.26. The number of fused-ring (bicyclic) bond motifs is 1. The molecule has 0 unspecified atom stereocenters. The Balaban J connectivity index is 2.25. The molecular weight excluding hydrogens is 204 g/mol. The number of anilines is 1. The van der Waals surface area contributed by atoms with Gasteiger partial charge < -0.3 is 10.0 Å². The summed E-state index contributed by atoms with van der Waals surface area (Å²) in [5.41, 5.74) is 0.0723. The third-order valence-corrected chi connectivity index (χ3v) is 2.26. The van der Waals surface area contributed by atoms with Crippen LogP contribution >= 0.6 is 0 Å². The van der Waals surface area contributed by atoms with Crippen LogP contribution in [0.15, 0.2) is 24.5 Å². The van der Waals surface area contributed by atoms with Crippen molar-refractivity contribution in [1.29, 1.82) is 0 Å². The topological polar surface area (TPSA) is 53.7 Å². The summed E-state index contributed by atoms with van der Waals surface area (Å²) in [5, 5.41) is 13.8. The van der Waals surface area contributed by atoms with Gasteiger partial charge in [0.05, 0.1) is 11.8 Å². The summed E-state index contributed by atoms with van der Waals surface area (Å²) in [6.45, 7) is 4.09. The van der Waals surface area contributed by atoms with Gasteiger partial charge in [0.15, 0.2) is 5.65 Å². The second kappa shape index (κ2) is 3.75. The van der Waals surface area contributed by atoms with Gasteiger partial charge >= 0.3 is 0 Å². The van der Waals surface area contributed by atoms with Crippen molar-refractivity contribution in [3.05, 3.63) is 24.5 Å². The maximum Gasteiger partial charge on any atom is 0.157 e. The minimum Gasteiger partial charge on any atom is -0.389 e. The average molecular weight is 220 g/mol. The fraction of sp³-hybridized carbons (Fsp3) is 0.455. The standard InChI is InChI=1S/C11H16N4O/c1-11(2,16)8-14(3)9-5-7-15-10(13-9)4-6-12-15/h4-7,16H,8H2,1-3H3. The van der Waals surface area contributed by atoms with Crippen molar-refractivity contribution >= 4 is 11.5 Å². The highest BCUT2D eigenvalue weighted by Crippen LogP contribution is 2.13. The summed E-state index contributed by atoms with van der Waals surface area (Å²) < 4.78 is 1.71. The van der Waals surface area contributed by atoms with Crippen LogP contribution in [0.2, 0.25) is 0 Å². The number of aromatic nitrogens is 3. The molecular formula is C11H16N4O. The largest absolute Gasteiger partial charge is 0.389 e. The van der Waals surface area contributed by atoms with E-state index in [2.05, 4.69) is 10.1 Å². The fourth-order valence-electron chi connectivity index (χ4n) is 1.68. The molecule has 2 heterocycles. The van der Waals surface area contributed by atoms with Crippen LogP contribution in [0.5, 0.6) is 0 Å². The first kappa shape index (κ1) is 10.9. The molecule has 86 valence electrons. The highest BCUT2D eigenvalue weighted by molar-refractivity contribution is 5.46. The lowest BCUT2D eigenvalue weighted by Crippen LogP contribution is -2.36. The van der Waals surface area contributed by atoms with Crippen molar-refractivity contribution in [1.82, 2.24) is 14.6 Å². The van der Waals surface area contributed by atoms with Crippen molar-refractivity contribution in [2.75, 3.05) is 18.5 Å². The van der Waals surface area contributed by atoms with Gasteiger partial charge in [0.1, 0.15) is 5.82 Å². The molecule has 0 spiro atoms. The molecule has 0 aliphatic carbocycles. The van der Waals surface area contributed by atoms with Crippen LogP contribution in [0.3, 0.4) is 0 Å². The molecule has 5 heteroatoms. The molecule has 0 saturated heterocycles. The van der Waals surface area contributed by atoms with E-state index in [0.29, 0.717) is 6.54 Å². The number of aliphatic hydroxyl groups is 1. The van der Waals surface area contributed by atoms with Gasteiger partial charge in [-0.25, -0.2) is 9.50 Å². The first-order valence-corrected chi connectivity index (χ1v) is 5.20. The van der Waals surface area contributed by atoms with Gasteiger partial charge in [0.25, 0.3) is 0 Å². The molecule has 0 bridgehead atoms. The molecule has 0 amide bonds. The van der Waals surface area contributed by atoms with Gasteiger partial charge in [-0.05, 0) is 19.9 Å². The van der Waals surface area contributed by atoms with E-state index in [0.717, 1.165) is 11.5 Å². The number of likely N-dealkylation sites (N-methyl/N-ethyl adjacent to an activating group) is 1. The number of hydrogen-bond acceptors (Lipinski definition) is 4. The smallest absolute Gasteiger partial charge is 0.157 e. The predicted octanol–water partition coefficient (Wildman–Crippen LogP) is 0.936. The van der Waals surface area contributed by atoms with Crippen molar-refractivity contribution < 1.29 is 5.11 Å². The van der Waals surface area contributed by atoms with Crippen LogP contribution in [0.4, 0.5) is 5.82 Å². The van der Waals surface area contributed by atoms with Crippen molar-refractivity contribution in [2.24, 2.45) is 0 Å². The van der Waals surface area contributed by atoms with Crippen LogP contribution < -0.4 is 4.90 Å². The molecule has 0 saturated carbocycles. The Labute approximate surface area is 94.3 Å². The van der Waals surface area contributed by atoms with Gasteiger partial charge in [0, 0.05) is 25.9 Å². The summed E-state index contributed by atoms with van der Waals surface area (Å²) in [6.07, 6.45) is 3.57. The summed E-state index contributed by atoms with van der Waals surface area (Å²) in [4.78, 5) is 6.36. The number of nitrogens with zero attached hydrogens (tertiary/aromatic N) is 4. The summed E-state index contributed by atoms with van der Waals surface area (Å²) in [5.74, 6) is 0.829. The first-order valence-electron chi connectivity index (χ1n) is 5.20. The maximum atomic E-state index is 9.74. The van der Waals surface area contributed by atoms with E-state index in [1.165, 1.54) is 0 Å². The number of rotatable bonds is 3. The van der Waals surface area contributed by atoms with E-state index in [9.17, 15) is 5.11 Å². The third-order valence-electron chi connectivity index (χ3n) is 2.26. The summed E-state index contributed by atoms with van der Waals surface area (Å²) in [6, 6.07) is 3.73. The molecule has 0 atom stereocenters. The Morgan fingerprint density at radius 2 is 2.19 bits per heavy atom. The van der Waals surface area contributed by atoms with Crippen LogP contribution in [0.1, 0.15) is 13.8 Å². The molecule has 0 fully saturated rings. The maximum absolute atomic E-state index is 9.74. The lowest BCUT2D eigenvalue weighted by molar-refractivity contribution is 0.0884. The van der Waals surface area contributed by atoms with Crippen LogP contribution in [0.25, 0.3) is 5.65 Å². The fourth-order valence-corrected chi connectivity index (χ4v) is 1.68. The summed E-state index contributed by atoms with van der Waals surface area (Å²) in [7, 11) is 1.91. The first-order chi connectivity index (χ1) is 7.46. The van der Waals surface area contributed by atoms with Gasteiger partial charge in [-0.15, -0.1) is 0 Å². The molecule has 0 aromatic carbocycles. The molecule has 5 nitrogen and oxygen atoms in total. The Bertz CT molecular complexity index is 486. The molecule has 0 radical (unpaired) electrons. The van der Waals surface area contributed by atoms with E-state index in [-0.39, 0.29) is 0 Å². The Kier molecular flexibility index (Phi) is 2.55. The molecule has 1 N–H and O–H groups in total. The van der Waals surface area contributed by atoms with E-state index in [1.54, 1.807) is 24.6 Å². The second-order valence-corrected chi connectivity index (χ2v) is 4.59. The van der Waals surface area contributed by atoms with Crippen molar-refractivity contribution in [2.45, 2.75) is 19.4 Å². The zero-order valence-electron chi connectivity index (χ0n) is 9.75. The monoisotopic (exact) mass is 220 g/mol. The zero-order valence-corrected chi connectivity index (χ0v) is 9.75. The van der Waals surface area contributed by atoms with Gasteiger partial charge in [-0.1, -0.05) is 0 Å². The molecule has 2 aromatic heterocycles. The second-order valence-electron chi connectivity index (χ2n) is 4.59. The van der Waals surface area contributed by atoms with Crippen LogP contribution in [0, 0.1) is 0 Å². The molecule has 2 aromatic rings. The number of hydrogen-bond donors (Lipinski definition) is 1. The minimum absolute atomic E-state index is 0.532. The SMILES string of the molecule is CN(CC(C)(C)O)c1ccn2nccc2n1. The van der Waals surface area contributed by atoms with E-state index < -0.39 is 5.60 Å². The van der Waals surface area contributed by atoms with E-state index >= 15 is 0 Å². The zero-order chi connectivity index (χ0) is 11.8. The van der Waals surface area contributed by atoms with Crippen molar-refractivity contribution in [3.63, 3.8) is 0 Å². The average Bonchev–Trinajstić information content (AvgIpc) is 2.61. The van der Waals surface area contributed by atoms with E-state index in [1.807, 2.05) is 30.3 Å². The third kappa shape index (κ3) is 2.30. The van der Waals surface area contributed by atoms with Crippen LogP contribution in [-0.2, 0) is 0 Å². The Morgan fingerprint density at radius 3 is 2.88 bits per heavy atom. The molecule has 16 heavy (non-hydrogen) atoms. The lowest BCUT2D eigenvalue weighted by atomic mass is 10.1. The molecule has 2 rings (SSSR count).